The minimum absolute atomic E-state index is 0.0370. The van der Waals surface area contributed by atoms with Gasteiger partial charge in [-0.25, -0.2) is 4.39 Å². The summed E-state index contributed by atoms with van der Waals surface area (Å²) >= 11 is 0. The Balaban J connectivity index is 2.38. The van der Waals surface area contributed by atoms with Gasteiger partial charge < -0.3 is 4.74 Å². The largest absolute Gasteiger partial charge is 0.419 e. The summed E-state index contributed by atoms with van der Waals surface area (Å²) in [5.41, 5.74) is -1.20. The van der Waals surface area contributed by atoms with Gasteiger partial charge in [-0.1, -0.05) is 12.1 Å². The predicted octanol–water partition coefficient (Wildman–Crippen LogP) is 2.79. The summed E-state index contributed by atoms with van der Waals surface area (Å²) in [7, 11) is 0. The average Bonchev–Trinajstić information content (AvgIpc) is 2.85. The quantitative estimate of drug-likeness (QED) is 0.551. The number of halogens is 4. The van der Waals surface area contributed by atoms with Gasteiger partial charge in [0.1, 0.15) is 5.82 Å². The van der Waals surface area contributed by atoms with E-state index in [1.165, 1.54) is 12.1 Å². The van der Waals surface area contributed by atoms with Gasteiger partial charge in [-0.05, 0) is 11.6 Å². The lowest BCUT2D eigenvalue weighted by Gasteiger charge is -2.12. The van der Waals surface area contributed by atoms with Crippen LogP contribution in [-0.2, 0) is 17.3 Å². The summed E-state index contributed by atoms with van der Waals surface area (Å²) in [4.78, 5) is 0. The molecule has 0 saturated carbocycles. The Labute approximate surface area is 83.7 Å². The first kappa shape index (κ1) is 10.4. The molecule has 1 unspecified atom stereocenters. The van der Waals surface area contributed by atoms with Crippen LogP contribution >= 0.6 is 0 Å². The summed E-state index contributed by atoms with van der Waals surface area (Å²) in [6.45, 7) is 0.452. The zero-order chi connectivity index (χ0) is 11.1. The van der Waals surface area contributed by atoms with Crippen LogP contribution in [0.3, 0.4) is 0 Å². The molecule has 1 fully saturated rings. The summed E-state index contributed by atoms with van der Waals surface area (Å²) in [5, 5.41) is 0. The molecular formula is C10H8F4O. The second-order valence-electron chi connectivity index (χ2n) is 3.43. The number of alkyl halides is 3. The Morgan fingerprint density at radius 2 is 2.00 bits per heavy atom. The maximum absolute atomic E-state index is 13.1. The SMILES string of the molecule is Fc1cccc(CC2CO2)c1C(F)(F)F. The van der Waals surface area contributed by atoms with Crippen molar-refractivity contribution < 1.29 is 22.3 Å². The van der Waals surface area contributed by atoms with Crippen molar-refractivity contribution in [3.05, 3.63) is 35.1 Å². The van der Waals surface area contributed by atoms with E-state index in [-0.39, 0.29) is 18.1 Å². The molecule has 5 heteroatoms. The molecule has 0 bridgehead atoms. The molecule has 0 amide bonds. The third kappa shape index (κ3) is 2.28. The van der Waals surface area contributed by atoms with Crippen LogP contribution in [0.25, 0.3) is 0 Å². The first-order chi connectivity index (χ1) is 6.98. The first-order valence-electron chi connectivity index (χ1n) is 4.44. The highest BCUT2D eigenvalue weighted by molar-refractivity contribution is 5.32. The van der Waals surface area contributed by atoms with Crippen molar-refractivity contribution in [3.63, 3.8) is 0 Å². The van der Waals surface area contributed by atoms with Crippen molar-refractivity contribution in [3.8, 4) is 0 Å². The third-order valence-corrected chi connectivity index (χ3v) is 2.23. The monoisotopic (exact) mass is 220 g/mol. The summed E-state index contributed by atoms with van der Waals surface area (Å²) in [6, 6.07) is 3.38. The zero-order valence-electron chi connectivity index (χ0n) is 7.64. The molecule has 1 saturated heterocycles. The van der Waals surface area contributed by atoms with E-state index in [2.05, 4.69) is 0 Å². The minimum Gasteiger partial charge on any atom is -0.373 e. The van der Waals surface area contributed by atoms with Crippen LogP contribution in [0.4, 0.5) is 17.6 Å². The van der Waals surface area contributed by atoms with Crippen LogP contribution in [0.15, 0.2) is 18.2 Å². The van der Waals surface area contributed by atoms with Gasteiger partial charge in [0.15, 0.2) is 0 Å². The number of hydrogen-bond donors (Lipinski definition) is 0. The van der Waals surface area contributed by atoms with E-state index in [9.17, 15) is 17.6 Å². The highest BCUT2D eigenvalue weighted by Crippen LogP contribution is 2.35. The van der Waals surface area contributed by atoms with Crippen LogP contribution < -0.4 is 0 Å². The summed E-state index contributed by atoms with van der Waals surface area (Å²) < 4.78 is 55.4. The molecular weight excluding hydrogens is 212 g/mol. The van der Waals surface area contributed by atoms with Crippen LogP contribution in [0.2, 0.25) is 0 Å². The fourth-order valence-electron chi connectivity index (χ4n) is 1.49. The Hall–Kier alpha value is -1.10. The molecule has 82 valence electrons. The molecule has 0 aliphatic carbocycles. The lowest BCUT2D eigenvalue weighted by atomic mass is 10.0. The molecule has 1 aliphatic rings. The van der Waals surface area contributed by atoms with E-state index in [1.807, 2.05) is 0 Å². The maximum atomic E-state index is 13.1. The molecule has 1 heterocycles. The van der Waals surface area contributed by atoms with Gasteiger partial charge in [-0.2, -0.15) is 13.2 Å². The number of hydrogen-bond acceptors (Lipinski definition) is 1. The average molecular weight is 220 g/mol. The molecule has 1 aromatic carbocycles. The Morgan fingerprint density at radius 3 is 2.53 bits per heavy atom. The zero-order valence-corrected chi connectivity index (χ0v) is 7.64. The number of ether oxygens (including phenoxy) is 1. The number of epoxide rings is 1. The van der Waals surface area contributed by atoms with E-state index in [0.717, 1.165) is 6.07 Å². The minimum atomic E-state index is -4.64. The normalized spacial score (nSPS) is 20.4. The highest BCUT2D eigenvalue weighted by Gasteiger charge is 2.38. The van der Waals surface area contributed by atoms with E-state index < -0.39 is 17.6 Å². The number of rotatable bonds is 2. The van der Waals surface area contributed by atoms with Crippen molar-refractivity contribution in [2.24, 2.45) is 0 Å². The Kier molecular flexibility index (Phi) is 2.42. The molecule has 0 spiro atoms. The summed E-state index contributed by atoms with van der Waals surface area (Å²) in [5.74, 6) is -1.22. The second kappa shape index (κ2) is 3.48. The van der Waals surface area contributed by atoms with E-state index in [0.29, 0.717) is 6.61 Å². The predicted molar refractivity (Wildman–Crippen MR) is 44.8 cm³/mol. The van der Waals surface area contributed by atoms with Gasteiger partial charge in [0.25, 0.3) is 0 Å². The van der Waals surface area contributed by atoms with E-state index in [1.54, 1.807) is 0 Å². The van der Waals surface area contributed by atoms with Crippen molar-refractivity contribution >= 4 is 0 Å². The van der Waals surface area contributed by atoms with Crippen LogP contribution in [0.5, 0.6) is 0 Å². The van der Waals surface area contributed by atoms with E-state index in [4.69, 9.17) is 4.74 Å². The molecule has 0 N–H and O–H groups in total. The topological polar surface area (TPSA) is 12.5 Å². The van der Waals surface area contributed by atoms with Crippen LogP contribution in [0, 0.1) is 5.82 Å². The molecule has 1 aromatic rings. The Morgan fingerprint density at radius 1 is 1.33 bits per heavy atom. The third-order valence-electron chi connectivity index (χ3n) is 2.23. The van der Waals surface area contributed by atoms with Gasteiger partial charge in [0.05, 0.1) is 18.3 Å². The molecule has 2 rings (SSSR count). The smallest absolute Gasteiger partial charge is 0.373 e. The Bertz CT molecular complexity index is 368. The van der Waals surface area contributed by atoms with E-state index >= 15 is 0 Å². The molecule has 1 atom stereocenters. The second-order valence-corrected chi connectivity index (χ2v) is 3.43. The lowest BCUT2D eigenvalue weighted by Crippen LogP contribution is -2.13. The fourth-order valence-corrected chi connectivity index (χ4v) is 1.49. The standard InChI is InChI=1S/C10H8F4O/c11-8-3-1-2-6(4-7-5-15-7)9(8)10(12,13)14/h1-3,7H,4-5H2. The molecule has 15 heavy (non-hydrogen) atoms. The number of benzene rings is 1. The molecule has 1 nitrogen and oxygen atoms in total. The lowest BCUT2D eigenvalue weighted by molar-refractivity contribution is -0.140. The molecule has 0 aromatic heterocycles. The highest BCUT2D eigenvalue weighted by atomic mass is 19.4. The first-order valence-corrected chi connectivity index (χ1v) is 4.44. The fraction of sp³-hybridized carbons (Fsp3) is 0.400. The van der Waals surface area contributed by atoms with Crippen molar-refractivity contribution in [1.82, 2.24) is 0 Å². The van der Waals surface area contributed by atoms with Gasteiger partial charge in [-0.3, -0.25) is 0 Å². The molecule has 0 radical (unpaired) electrons. The van der Waals surface area contributed by atoms with Gasteiger partial charge in [0, 0.05) is 6.42 Å². The summed E-state index contributed by atoms with van der Waals surface area (Å²) in [6.07, 6.45) is -4.71. The van der Waals surface area contributed by atoms with Gasteiger partial charge in [0.2, 0.25) is 0 Å². The van der Waals surface area contributed by atoms with Crippen LogP contribution in [-0.4, -0.2) is 12.7 Å². The van der Waals surface area contributed by atoms with Crippen LogP contribution in [0.1, 0.15) is 11.1 Å². The van der Waals surface area contributed by atoms with Crippen molar-refractivity contribution in [1.29, 1.82) is 0 Å². The maximum Gasteiger partial charge on any atom is 0.419 e. The van der Waals surface area contributed by atoms with Gasteiger partial charge >= 0.3 is 6.18 Å². The van der Waals surface area contributed by atoms with Gasteiger partial charge in [-0.15, -0.1) is 0 Å². The molecule has 1 aliphatic heterocycles. The van der Waals surface area contributed by atoms with Crippen molar-refractivity contribution in [2.45, 2.75) is 18.7 Å². The van der Waals surface area contributed by atoms with Crippen molar-refractivity contribution in [2.75, 3.05) is 6.61 Å².